The predicted molar refractivity (Wildman–Crippen MR) is 127 cm³/mol. The molecule has 1 atom stereocenters. The highest BCUT2D eigenvalue weighted by Gasteiger charge is 2.44. The van der Waals surface area contributed by atoms with Gasteiger partial charge in [0.05, 0.1) is 6.10 Å². The molecular weight excluding hydrogens is 535 g/mol. The molecule has 3 aromatic carbocycles. The maximum absolute atomic E-state index is 13.4. The number of hydrogen-bond acceptors (Lipinski definition) is 5. The Morgan fingerprint density at radius 2 is 1.38 bits per heavy atom. The Hall–Kier alpha value is -3.67. The van der Waals surface area contributed by atoms with Crippen LogP contribution in [0.3, 0.4) is 0 Å². The summed E-state index contributed by atoms with van der Waals surface area (Å²) in [5, 5.41) is 10.6. The van der Waals surface area contributed by atoms with E-state index in [1.807, 2.05) is 0 Å². The van der Waals surface area contributed by atoms with Crippen molar-refractivity contribution in [3.05, 3.63) is 78.4 Å². The molecule has 0 bridgehead atoms. The summed E-state index contributed by atoms with van der Waals surface area (Å²) >= 11 is 0. The average Bonchev–Trinajstić information content (AvgIpc) is 3.69. The van der Waals surface area contributed by atoms with Gasteiger partial charge in [-0.25, -0.2) is 0 Å². The Kier molecular flexibility index (Phi) is 8.43. The zero-order chi connectivity index (χ0) is 28.2. The highest BCUT2D eigenvalue weighted by molar-refractivity contribution is 5.52. The first-order valence-electron chi connectivity index (χ1n) is 11.9. The number of rotatable bonds is 12. The first-order valence-corrected chi connectivity index (χ1v) is 11.9. The molecular formula is C27H24F7NO4. The second kappa shape index (κ2) is 11.6. The maximum atomic E-state index is 13.4. The van der Waals surface area contributed by atoms with Crippen LogP contribution < -0.4 is 19.1 Å². The Bertz CT molecular complexity index is 1250. The van der Waals surface area contributed by atoms with E-state index < -0.39 is 36.5 Å². The van der Waals surface area contributed by atoms with Crippen molar-refractivity contribution in [2.45, 2.75) is 44.4 Å². The lowest BCUT2D eigenvalue weighted by atomic mass is 10.1. The van der Waals surface area contributed by atoms with Crippen LogP contribution in [0.2, 0.25) is 0 Å². The SMILES string of the molecule is OC(CN(Cc1cccc(OC(F)(F)C(F)F)c1)c1cccc(Oc2cccc(OC(F)(F)F)c2)c1)C1CC1. The summed E-state index contributed by atoms with van der Waals surface area (Å²) < 4.78 is 103. The van der Waals surface area contributed by atoms with Crippen molar-refractivity contribution in [2.75, 3.05) is 11.4 Å². The molecule has 12 heteroatoms. The first kappa shape index (κ1) is 28.3. The average molecular weight is 559 g/mol. The molecule has 39 heavy (non-hydrogen) atoms. The highest BCUT2D eigenvalue weighted by Crippen LogP contribution is 2.35. The number of anilines is 1. The maximum Gasteiger partial charge on any atom is 0.573 e. The third-order valence-corrected chi connectivity index (χ3v) is 5.81. The van der Waals surface area contributed by atoms with E-state index in [1.54, 1.807) is 35.2 Å². The van der Waals surface area contributed by atoms with Crippen LogP contribution >= 0.6 is 0 Å². The van der Waals surface area contributed by atoms with E-state index in [9.17, 15) is 35.8 Å². The minimum Gasteiger partial charge on any atom is -0.457 e. The van der Waals surface area contributed by atoms with Crippen molar-refractivity contribution in [3.8, 4) is 23.0 Å². The fraction of sp³-hybridized carbons (Fsp3) is 0.333. The zero-order valence-corrected chi connectivity index (χ0v) is 20.3. The monoisotopic (exact) mass is 559 g/mol. The number of aliphatic hydroxyl groups excluding tert-OH is 1. The Balaban J connectivity index is 1.54. The largest absolute Gasteiger partial charge is 0.573 e. The molecule has 0 radical (unpaired) electrons. The molecule has 0 spiro atoms. The summed E-state index contributed by atoms with van der Waals surface area (Å²) in [5.41, 5.74) is 1.00. The van der Waals surface area contributed by atoms with Crippen LogP contribution in [0, 0.1) is 5.92 Å². The summed E-state index contributed by atoms with van der Waals surface area (Å²) in [5.74, 6) is -0.425. The third-order valence-electron chi connectivity index (χ3n) is 5.81. The van der Waals surface area contributed by atoms with Crippen LogP contribution in [-0.2, 0) is 6.54 Å². The van der Waals surface area contributed by atoms with Gasteiger partial charge in [0, 0.05) is 30.9 Å². The minimum atomic E-state index is -4.86. The van der Waals surface area contributed by atoms with Crippen LogP contribution in [0.15, 0.2) is 72.8 Å². The minimum absolute atomic E-state index is 0.0864. The number of alkyl halides is 7. The lowest BCUT2D eigenvalue weighted by molar-refractivity contribution is -0.274. The van der Waals surface area contributed by atoms with Gasteiger partial charge in [0.25, 0.3) is 0 Å². The second-order valence-corrected chi connectivity index (χ2v) is 9.02. The van der Waals surface area contributed by atoms with Crippen molar-refractivity contribution >= 4 is 5.69 Å². The van der Waals surface area contributed by atoms with Crippen molar-refractivity contribution in [1.82, 2.24) is 0 Å². The van der Waals surface area contributed by atoms with E-state index in [2.05, 4.69) is 9.47 Å². The van der Waals surface area contributed by atoms with E-state index >= 15 is 0 Å². The number of hydrogen-bond donors (Lipinski definition) is 1. The fourth-order valence-electron chi connectivity index (χ4n) is 3.86. The van der Waals surface area contributed by atoms with E-state index in [4.69, 9.17) is 4.74 Å². The summed E-state index contributed by atoms with van der Waals surface area (Å²) in [6.45, 7) is 0.265. The fourth-order valence-corrected chi connectivity index (χ4v) is 3.86. The van der Waals surface area contributed by atoms with Crippen LogP contribution in [-0.4, -0.2) is 36.7 Å². The summed E-state index contributed by atoms with van der Waals surface area (Å²) in [6.07, 6.45) is -12.5. The van der Waals surface area contributed by atoms with Crippen LogP contribution in [0.4, 0.5) is 36.4 Å². The van der Waals surface area contributed by atoms with Crippen LogP contribution in [0.5, 0.6) is 23.0 Å². The number of nitrogens with zero attached hydrogens (tertiary/aromatic N) is 1. The van der Waals surface area contributed by atoms with Gasteiger partial charge in [0.1, 0.15) is 23.0 Å². The van der Waals surface area contributed by atoms with Gasteiger partial charge >= 0.3 is 18.9 Å². The predicted octanol–water partition coefficient (Wildman–Crippen LogP) is 7.39. The second-order valence-electron chi connectivity index (χ2n) is 9.02. The van der Waals surface area contributed by atoms with Gasteiger partial charge in [-0.15, -0.1) is 13.2 Å². The van der Waals surface area contributed by atoms with Crippen molar-refractivity contribution in [1.29, 1.82) is 0 Å². The van der Waals surface area contributed by atoms with Crippen molar-refractivity contribution in [3.63, 3.8) is 0 Å². The molecule has 5 nitrogen and oxygen atoms in total. The lowest BCUT2D eigenvalue weighted by Gasteiger charge is -2.28. The number of halogens is 7. The highest BCUT2D eigenvalue weighted by atomic mass is 19.4. The third kappa shape index (κ3) is 8.41. The van der Waals surface area contributed by atoms with Gasteiger partial charge in [-0.2, -0.15) is 17.6 Å². The lowest BCUT2D eigenvalue weighted by Crippen LogP contribution is -2.34. The Morgan fingerprint density at radius 3 is 2.03 bits per heavy atom. The summed E-state index contributed by atoms with van der Waals surface area (Å²) in [7, 11) is 0. The van der Waals surface area contributed by atoms with E-state index in [1.165, 1.54) is 24.3 Å². The van der Waals surface area contributed by atoms with Gasteiger partial charge in [-0.05, 0) is 60.7 Å². The van der Waals surface area contributed by atoms with Crippen LogP contribution in [0.1, 0.15) is 18.4 Å². The van der Waals surface area contributed by atoms with E-state index in [-0.39, 0.29) is 30.5 Å². The Morgan fingerprint density at radius 1 is 0.795 bits per heavy atom. The molecule has 0 aromatic heterocycles. The van der Waals surface area contributed by atoms with Crippen LogP contribution in [0.25, 0.3) is 0 Å². The van der Waals surface area contributed by atoms with Gasteiger partial charge in [-0.3, -0.25) is 0 Å². The summed E-state index contributed by atoms with van der Waals surface area (Å²) in [4.78, 5) is 1.75. The van der Waals surface area contributed by atoms with Gasteiger partial charge in [0.15, 0.2) is 0 Å². The zero-order valence-electron chi connectivity index (χ0n) is 20.3. The number of benzene rings is 3. The molecule has 210 valence electrons. The molecule has 3 aromatic rings. The van der Waals surface area contributed by atoms with Gasteiger partial charge in [-0.1, -0.05) is 24.3 Å². The van der Waals surface area contributed by atoms with Crippen molar-refractivity contribution in [2.24, 2.45) is 5.92 Å². The molecule has 0 amide bonds. The molecule has 0 saturated heterocycles. The molecule has 1 unspecified atom stereocenters. The molecule has 1 aliphatic rings. The Labute approximate surface area is 219 Å². The molecule has 1 saturated carbocycles. The van der Waals surface area contributed by atoms with Crippen molar-refractivity contribution < 1.29 is 50.1 Å². The van der Waals surface area contributed by atoms with Gasteiger partial charge < -0.3 is 24.2 Å². The summed E-state index contributed by atoms with van der Waals surface area (Å²) in [6, 6.07) is 16.8. The molecule has 1 fully saturated rings. The van der Waals surface area contributed by atoms with Gasteiger partial charge in [0.2, 0.25) is 0 Å². The molecule has 4 rings (SSSR count). The quantitative estimate of drug-likeness (QED) is 0.235. The number of aliphatic hydroxyl groups is 1. The molecule has 1 N–H and O–H groups in total. The smallest absolute Gasteiger partial charge is 0.457 e. The standard InChI is InChI=1S/C27H24F7NO4/c28-25(29)26(30,31)38-22-8-1-4-17(12-22)15-35(16-24(36)18-10-11-18)19-5-2-6-20(13-19)37-21-7-3-9-23(14-21)39-27(32,33)34/h1-9,12-14,18,24-25,36H,10-11,15-16H2. The first-order chi connectivity index (χ1) is 18.4. The topological polar surface area (TPSA) is 51.2 Å². The molecule has 1 aliphatic carbocycles. The number of ether oxygens (including phenoxy) is 3. The normalized spacial score (nSPS) is 14.7. The molecule has 0 aliphatic heterocycles. The van der Waals surface area contributed by atoms with E-state index in [0.717, 1.165) is 31.0 Å². The van der Waals surface area contributed by atoms with E-state index in [0.29, 0.717) is 11.3 Å². The molecule has 0 heterocycles.